The third-order valence-electron chi connectivity index (χ3n) is 3.82. The molecular weight excluding hydrogens is 403 g/mol. The van der Waals surface area contributed by atoms with Crippen LogP contribution in [0.25, 0.3) is 0 Å². The minimum absolute atomic E-state index is 0.189. The van der Waals surface area contributed by atoms with Crippen LogP contribution in [-0.4, -0.2) is 21.1 Å². The second-order valence-corrected chi connectivity index (χ2v) is 7.39. The molecule has 1 N–H and O–H groups in total. The first-order valence-corrected chi connectivity index (χ1v) is 9.49. The van der Waals surface area contributed by atoms with E-state index in [4.69, 9.17) is 40.2 Å². The van der Waals surface area contributed by atoms with Crippen LogP contribution in [0.4, 0.5) is 0 Å². The van der Waals surface area contributed by atoms with Crippen LogP contribution in [0.3, 0.4) is 0 Å². The van der Waals surface area contributed by atoms with Crippen LogP contribution in [0.15, 0.2) is 47.6 Å². The van der Waals surface area contributed by atoms with Gasteiger partial charge in [0.2, 0.25) is 4.77 Å². The van der Waals surface area contributed by atoms with Gasteiger partial charge in [-0.25, -0.2) is 0 Å². The molecule has 8 heteroatoms. The molecule has 0 bridgehead atoms. The maximum Gasteiger partial charge on any atom is 0.216 e. The summed E-state index contributed by atoms with van der Waals surface area (Å²) >= 11 is 17.4. The van der Waals surface area contributed by atoms with Gasteiger partial charge in [-0.05, 0) is 36.5 Å². The van der Waals surface area contributed by atoms with E-state index in [1.54, 1.807) is 23.0 Å². The zero-order valence-corrected chi connectivity index (χ0v) is 17.1. The lowest BCUT2D eigenvalue weighted by molar-refractivity contribution is 0.306. The summed E-state index contributed by atoms with van der Waals surface area (Å²) < 4.78 is 8.01. The number of hydrogen-bond donors (Lipinski definition) is 1. The number of benzene rings is 2. The van der Waals surface area contributed by atoms with Gasteiger partial charge in [0.05, 0.1) is 6.21 Å². The highest BCUT2D eigenvalue weighted by atomic mass is 35.5. The minimum Gasteiger partial charge on any atom is -0.488 e. The van der Waals surface area contributed by atoms with Crippen LogP contribution < -0.4 is 4.74 Å². The van der Waals surface area contributed by atoms with Crippen molar-refractivity contribution in [1.29, 1.82) is 0 Å². The summed E-state index contributed by atoms with van der Waals surface area (Å²) in [7, 11) is 0. The summed E-state index contributed by atoms with van der Waals surface area (Å²) in [5.74, 6) is 1.64. The molecule has 0 unspecified atom stereocenters. The standard InChI is InChI=1S/C19H18Cl2N4OS/c1-12(2)18-23-24-19(27)25(18)22-10-13-5-3-4-6-17(13)26-11-14-7-8-15(20)9-16(14)21/h3-10,12H,11H2,1-2H3,(H,24,27)/b22-10+. The molecule has 0 atom stereocenters. The van der Waals surface area contributed by atoms with Crippen LogP contribution in [0, 0.1) is 4.77 Å². The molecule has 0 saturated heterocycles. The fourth-order valence-corrected chi connectivity index (χ4v) is 3.07. The Morgan fingerprint density at radius 3 is 2.78 bits per heavy atom. The molecule has 0 saturated carbocycles. The van der Waals surface area contributed by atoms with E-state index in [2.05, 4.69) is 15.3 Å². The Bertz CT molecular complexity index is 1030. The largest absolute Gasteiger partial charge is 0.488 e. The highest BCUT2D eigenvalue weighted by Gasteiger charge is 2.09. The lowest BCUT2D eigenvalue weighted by Gasteiger charge is -2.10. The smallest absolute Gasteiger partial charge is 0.216 e. The Hall–Kier alpha value is -2.15. The minimum atomic E-state index is 0.189. The summed E-state index contributed by atoms with van der Waals surface area (Å²) in [5.41, 5.74) is 1.67. The molecule has 3 rings (SSSR count). The van der Waals surface area contributed by atoms with Gasteiger partial charge in [-0.15, -0.1) is 0 Å². The molecule has 0 aliphatic heterocycles. The van der Waals surface area contributed by atoms with Crippen molar-refractivity contribution in [3.8, 4) is 5.75 Å². The molecule has 27 heavy (non-hydrogen) atoms. The number of nitrogens with one attached hydrogen (secondary N) is 1. The number of rotatable bonds is 6. The fraction of sp³-hybridized carbons (Fsp3) is 0.211. The predicted molar refractivity (Wildman–Crippen MR) is 112 cm³/mol. The van der Waals surface area contributed by atoms with Crippen molar-refractivity contribution < 1.29 is 4.74 Å². The van der Waals surface area contributed by atoms with Gasteiger partial charge in [0.15, 0.2) is 5.82 Å². The van der Waals surface area contributed by atoms with Gasteiger partial charge in [0, 0.05) is 27.1 Å². The Kier molecular flexibility index (Phi) is 6.31. The first-order valence-electron chi connectivity index (χ1n) is 8.33. The van der Waals surface area contributed by atoms with E-state index in [1.807, 2.05) is 44.2 Å². The lowest BCUT2D eigenvalue weighted by atomic mass is 10.2. The monoisotopic (exact) mass is 420 g/mol. The summed E-state index contributed by atoms with van der Waals surface area (Å²) in [6, 6.07) is 12.9. The molecule has 0 spiro atoms. The number of aromatic nitrogens is 3. The van der Waals surface area contributed by atoms with Crippen molar-refractivity contribution in [3.63, 3.8) is 0 Å². The molecule has 2 aromatic carbocycles. The molecule has 0 amide bonds. The van der Waals surface area contributed by atoms with E-state index >= 15 is 0 Å². The van der Waals surface area contributed by atoms with Crippen molar-refractivity contribution in [2.24, 2.45) is 5.10 Å². The Morgan fingerprint density at radius 1 is 1.26 bits per heavy atom. The molecule has 5 nitrogen and oxygen atoms in total. The summed E-state index contributed by atoms with van der Waals surface area (Å²) in [6.07, 6.45) is 1.70. The highest BCUT2D eigenvalue weighted by Crippen LogP contribution is 2.24. The molecule has 1 heterocycles. The van der Waals surface area contributed by atoms with Gasteiger partial charge >= 0.3 is 0 Å². The summed E-state index contributed by atoms with van der Waals surface area (Å²) in [4.78, 5) is 0. The van der Waals surface area contributed by atoms with Gasteiger partial charge in [-0.2, -0.15) is 14.9 Å². The molecule has 0 aliphatic carbocycles. The maximum absolute atomic E-state index is 6.21. The molecule has 0 fully saturated rings. The van der Waals surface area contributed by atoms with Crippen LogP contribution in [-0.2, 0) is 6.61 Å². The second-order valence-electron chi connectivity index (χ2n) is 6.16. The molecule has 0 aliphatic rings. The van der Waals surface area contributed by atoms with Gasteiger partial charge in [-0.3, -0.25) is 5.10 Å². The van der Waals surface area contributed by atoms with Gasteiger partial charge in [-0.1, -0.05) is 55.2 Å². The first kappa shape index (κ1) is 19.6. The van der Waals surface area contributed by atoms with Gasteiger partial charge in [0.1, 0.15) is 12.4 Å². The van der Waals surface area contributed by atoms with E-state index in [9.17, 15) is 0 Å². The van der Waals surface area contributed by atoms with E-state index in [0.717, 1.165) is 17.0 Å². The summed E-state index contributed by atoms with van der Waals surface area (Å²) in [6.45, 7) is 4.39. The third-order valence-corrected chi connectivity index (χ3v) is 4.67. The SMILES string of the molecule is CC(C)c1n[nH]c(=S)n1/N=C/c1ccccc1OCc1ccc(Cl)cc1Cl. The summed E-state index contributed by atoms with van der Waals surface area (Å²) in [5, 5.41) is 12.6. The zero-order chi connectivity index (χ0) is 19.4. The number of hydrogen-bond acceptors (Lipinski definition) is 4. The highest BCUT2D eigenvalue weighted by molar-refractivity contribution is 7.71. The average molecular weight is 421 g/mol. The van der Waals surface area contributed by atoms with Crippen LogP contribution in [0.1, 0.15) is 36.7 Å². The molecular formula is C19H18Cl2N4OS. The molecule has 3 aromatic rings. The number of ether oxygens (including phenoxy) is 1. The number of para-hydroxylation sites is 1. The Morgan fingerprint density at radius 2 is 2.04 bits per heavy atom. The third kappa shape index (κ3) is 4.77. The lowest BCUT2D eigenvalue weighted by Crippen LogP contribution is -2.02. The second kappa shape index (κ2) is 8.69. The average Bonchev–Trinajstić information content (AvgIpc) is 3.01. The van der Waals surface area contributed by atoms with E-state index < -0.39 is 0 Å². The van der Waals surface area contributed by atoms with Crippen molar-refractivity contribution in [2.75, 3.05) is 0 Å². The Balaban J connectivity index is 1.82. The van der Waals surface area contributed by atoms with Crippen LogP contribution >= 0.6 is 35.4 Å². The first-order chi connectivity index (χ1) is 13.0. The van der Waals surface area contributed by atoms with Crippen molar-refractivity contribution >= 4 is 41.6 Å². The maximum atomic E-state index is 6.21. The Labute approximate surface area is 172 Å². The van der Waals surface area contributed by atoms with Crippen molar-refractivity contribution in [1.82, 2.24) is 14.9 Å². The normalized spacial score (nSPS) is 11.4. The molecule has 0 radical (unpaired) electrons. The topological polar surface area (TPSA) is 55.2 Å². The van der Waals surface area contributed by atoms with Crippen molar-refractivity contribution in [3.05, 3.63) is 74.2 Å². The zero-order valence-electron chi connectivity index (χ0n) is 14.8. The predicted octanol–water partition coefficient (Wildman–Crippen LogP) is 5.83. The van der Waals surface area contributed by atoms with Crippen LogP contribution in [0.5, 0.6) is 5.75 Å². The number of H-pyrrole nitrogens is 1. The molecule has 140 valence electrons. The van der Waals surface area contributed by atoms with E-state index in [1.165, 1.54) is 0 Å². The van der Waals surface area contributed by atoms with Crippen molar-refractivity contribution in [2.45, 2.75) is 26.4 Å². The number of nitrogens with zero attached hydrogens (tertiary/aromatic N) is 3. The number of halogens is 2. The van der Waals surface area contributed by atoms with Crippen LogP contribution in [0.2, 0.25) is 10.0 Å². The van der Waals surface area contributed by atoms with E-state index in [0.29, 0.717) is 27.2 Å². The fourth-order valence-electron chi connectivity index (χ4n) is 2.42. The van der Waals surface area contributed by atoms with Gasteiger partial charge < -0.3 is 4.74 Å². The van der Waals surface area contributed by atoms with Gasteiger partial charge in [0.25, 0.3) is 0 Å². The molecule has 1 aromatic heterocycles. The quantitative estimate of drug-likeness (QED) is 0.402. The van der Waals surface area contributed by atoms with E-state index in [-0.39, 0.29) is 5.92 Å². The number of aromatic amines is 1.